The maximum absolute atomic E-state index is 12.3. The normalized spacial score (nSPS) is 26.8. The molecule has 1 aromatic carbocycles. The van der Waals surface area contributed by atoms with Gasteiger partial charge in [0.1, 0.15) is 0 Å². The van der Waals surface area contributed by atoms with E-state index in [1.165, 1.54) is 18.4 Å². The van der Waals surface area contributed by atoms with Gasteiger partial charge in [-0.3, -0.25) is 9.69 Å². The molecule has 1 aromatic rings. The predicted molar refractivity (Wildman–Crippen MR) is 89.0 cm³/mol. The zero-order chi connectivity index (χ0) is 14.3. The lowest BCUT2D eigenvalue weighted by Gasteiger charge is -2.19. The number of benzene rings is 1. The molecule has 3 nitrogen and oxygen atoms in total. The van der Waals surface area contributed by atoms with Gasteiger partial charge in [0.2, 0.25) is 0 Å². The number of carbonyl (C=O) groups is 1. The third-order valence-corrected chi connectivity index (χ3v) is 5.57. The summed E-state index contributed by atoms with van der Waals surface area (Å²) in [6.45, 7) is 5.36. The minimum atomic E-state index is 0.0674. The minimum Gasteiger partial charge on any atom is -0.348 e. The van der Waals surface area contributed by atoms with Gasteiger partial charge in [0.25, 0.3) is 5.91 Å². The van der Waals surface area contributed by atoms with Gasteiger partial charge in [-0.25, -0.2) is 0 Å². The van der Waals surface area contributed by atoms with Crippen LogP contribution in [-0.4, -0.2) is 35.5 Å². The molecule has 0 unspecified atom stereocenters. The molecule has 2 fully saturated rings. The predicted octanol–water partition coefficient (Wildman–Crippen LogP) is 2.95. The molecule has 3 rings (SSSR count). The van der Waals surface area contributed by atoms with E-state index in [4.69, 9.17) is 0 Å². The van der Waals surface area contributed by atoms with Gasteiger partial charge in [0.05, 0.1) is 0 Å². The molecular formula is C16H21IN2O. The Bertz CT molecular complexity index is 527. The van der Waals surface area contributed by atoms with Crippen molar-refractivity contribution in [1.82, 2.24) is 10.2 Å². The van der Waals surface area contributed by atoms with Crippen LogP contribution in [-0.2, 0) is 0 Å². The van der Waals surface area contributed by atoms with Gasteiger partial charge in [-0.1, -0.05) is 6.07 Å². The molecule has 1 N–H and O–H groups in total. The van der Waals surface area contributed by atoms with Crippen molar-refractivity contribution in [2.45, 2.75) is 51.2 Å². The SMILES string of the molecule is Cc1ccc(C(=O)N[C@H]2C[C@H](C)N(C3CC3)C2)cc1I. The second kappa shape index (κ2) is 5.64. The molecule has 4 heteroatoms. The van der Waals surface area contributed by atoms with Crippen LogP contribution in [0.15, 0.2) is 18.2 Å². The minimum absolute atomic E-state index is 0.0674. The van der Waals surface area contributed by atoms with Crippen LogP contribution in [0.5, 0.6) is 0 Å². The number of hydrogen-bond donors (Lipinski definition) is 1. The van der Waals surface area contributed by atoms with E-state index in [1.54, 1.807) is 0 Å². The van der Waals surface area contributed by atoms with Crippen LogP contribution in [0.25, 0.3) is 0 Å². The van der Waals surface area contributed by atoms with E-state index in [0.29, 0.717) is 12.1 Å². The summed E-state index contributed by atoms with van der Waals surface area (Å²) in [4.78, 5) is 14.9. The van der Waals surface area contributed by atoms with E-state index < -0.39 is 0 Å². The molecule has 1 saturated carbocycles. The van der Waals surface area contributed by atoms with Crippen molar-refractivity contribution in [3.63, 3.8) is 0 Å². The van der Waals surface area contributed by atoms with E-state index in [2.05, 4.69) is 46.7 Å². The summed E-state index contributed by atoms with van der Waals surface area (Å²) in [5, 5.41) is 3.20. The molecule has 0 radical (unpaired) electrons. The summed E-state index contributed by atoms with van der Waals surface area (Å²) in [7, 11) is 0. The van der Waals surface area contributed by atoms with Gasteiger partial charge in [-0.2, -0.15) is 0 Å². The highest BCUT2D eigenvalue weighted by Crippen LogP contribution is 2.33. The number of halogens is 1. The van der Waals surface area contributed by atoms with Crippen molar-refractivity contribution in [1.29, 1.82) is 0 Å². The Morgan fingerprint density at radius 1 is 1.40 bits per heavy atom. The largest absolute Gasteiger partial charge is 0.348 e. The van der Waals surface area contributed by atoms with Gasteiger partial charge >= 0.3 is 0 Å². The maximum atomic E-state index is 12.3. The van der Waals surface area contributed by atoms with Crippen LogP contribution >= 0.6 is 22.6 Å². The number of amides is 1. The van der Waals surface area contributed by atoms with Crippen LogP contribution in [0, 0.1) is 10.5 Å². The first-order chi connectivity index (χ1) is 9.54. The number of hydrogen-bond acceptors (Lipinski definition) is 2. The fraction of sp³-hybridized carbons (Fsp3) is 0.562. The lowest BCUT2D eigenvalue weighted by atomic mass is 10.1. The molecule has 2 atom stereocenters. The molecule has 108 valence electrons. The highest BCUT2D eigenvalue weighted by Gasteiger charge is 2.39. The van der Waals surface area contributed by atoms with Crippen LogP contribution in [0.4, 0.5) is 0 Å². The van der Waals surface area contributed by atoms with E-state index in [0.717, 1.165) is 28.1 Å². The molecule has 0 bridgehead atoms. The first-order valence-electron chi connectivity index (χ1n) is 7.37. The molecular weight excluding hydrogens is 363 g/mol. The van der Waals surface area contributed by atoms with Crippen LogP contribution in [0.2, 0.25) is 0 Å². The Hall–Kier alpha value is -0.620. The van der Waals surface area contributed by atoms with Gasteiger partial charge in [-0.15, -0.1) is 0 Å². The van der Waals surface area contributed by atoms with Crippen molar-refractivity contribution in [2.75, 3.05) is 6.54 Å². The van der Waals surface area contributed by atoms with Crippen LogP contribution in [0.3, 0.4) is 0 Å². The summed E-state index contributed by atoms with van der Waals surface area (Å²) in [5.41, 5.74) is 1.99. The summed E-state index contributed by atoms with van der Waals surface area (Å²) in [5.74, 6) is 0.0674. The average molecular weight is 384 g/mol. The van der Waals surface area contributed by atoms with Gasteiger partial charge in [-0.05, 0) is 73.4 Å². The van der Waals surface area contributed by atoms with Crippen molar-refractivity contribution in [3.8, 4) is 0 Å². The number of carbonyl (C=O) groups excluding carboxylic acids is 1. The fourth-order valence-electron chi connectivity index (χ4n) is 3.08. The molecule has 1 heterocycles. The first kappa shape index (κ1) is 14.3. The molecule has 0 spiro atoms. The van der Waals surface area contributed by atoms with Crippen LogP contribution < -0.4 is 5.32 Å². The Morgan fingerprint density at radius 2 is 2.15 bits per heavy atom. The highest BCUT2D eigenvalue weighted by molar-refractivity contribution is 14.1. The topological polar surface area (TPSA) is 32.3 Å². The number of nitrogens with one attached hydrogen (secondary N) is 1. The van der Waals surface area contributed by atoms with Gasteiger partial charge in [0.15, 0.2) is 0 Å². The summed E-state index contributed by atoms with van der Waals surface area (Å²) in [6, 6.07) is 7.60. The first-order valence-corrected chi connectivity index (χ1v) is 8.45. The van der Waals surface area contributed by atoms with Gasteiger partial charge in [0, 0.05) is 33.8 Å². The number of nitrogens with zero attached hydrogens (tertiary/aromatic N) is 1. The molecule has 1 amide bonds. The average Bonchev–Trinajstić information content (AvgIpc) is 3.17. The van der Waals surface area contributed by atoms with E-state index in [9.17, 15) is 4.79 Å². The van der Waals surface area contributed by atoms with E-state index in [1.807, 2.05) is 18.2 Å². The molecule has 1 aliphatic carbocycles. The summed E-state index contributed by atoms with van der Waals surface area (Å²) >= 11 is 2.28. The van der Waals surface area contributed by atoms with Crippen molar-refractivity contribution >= 4 is 28.5 Å². The van der Waals surface area contributed by atoms with Crippen molar-refractivity contribution in [3.05, 3.63) is 32.9 Å². The van der Waals surface area contributed by atoms with Crippen molar-refractivity contribution in [2.24, 2.45) is 0 Å². The second-order valence-corrected chi connectivity index (χ2v) is 7.31. The molecule has 0 aromatic heterocycles. The molecule has 1 saturated heterocycles. The maximum Gasteiger partial charge on any atom is 0.251 e. The second-order valence-electron chi connectivity index (χ2n) is 6.15. The smallest absolute Gasteiger partial charge is 0.251 e. The van der Waals surface area contributed by atoms with E-state index >= 15 is 0 Å². The Balaban J connectivity index is 1.62. The Morgan fingerprint density at radius 3 is 2.80 bits per heavy atom. The number of rotatable bonds is 3. The summed E-state index contributed by atoms with van der Waals surface area (Å²) in [6.07, 6.45) is 3.74. The van der Waals surface area contributed by atoms with E-state index in [-0.39, 0.29) is 5.91 Å². The monoisotopic (exact) mass is 384 g/mol. The van der Waals surface area contributed by atoms with Crippen LogP contribution in [0.1, 0.15) is 42.1 Å². The third-order valence-electron chi connectivity index (χ3n) is 4.41. The highest BCUT2D eigenvalue weighted by atomic mass is 127. The molecule has 1 aliphatic heterocycles. The lowest BCUT2D eigenvalue weighted by Crippen LogP contribution is -2.37. The van der Waals surface area contributed by atoms with Gasteiger partial charge < -0.3 is 5.32 Å². The lowest BCUT2D eigenvalue weighted by molar-refractivity contribution is 0.0937. The third kappa shape index (κ3) is 3.01. The molecule has 2 aliphatic rings. The zero-order valence-corrected chi connectivity index (χ0v) is 14.2. The number of aryl methyl sites for hydroxylation is 1. The fourth-order valence-corrected chi connectivity index (χ4v) is 3.59. The summed E-state index contributed by atoms with van der Waals surface area (Å²) < 4.78 is 1.15. The molecule has 20 heavy (non-hydrogen) atoms. The number of likely N-dealkylation sites (tertiary alicyclic amines) is 1. The standard InChI is InChI=1S/C16H21IN2O/c1-10-3-4-12(8-15(10)17)16(20)18-13-7-11(2)19(9-13)14-5-6-14/h3-4,8,11,13-14H,5-7,9H2,1-2H3,(H,18,20)/t11-,13-/m0/s1. The quantitative estimate of drug-likeness (QED) is 0.813. The Labute approximate surface area is 134 Å². The van der Waals surface area contributed by atoms with Crippen molar-refractivity contribution < 1.29 is 4.79 Å². The Kier molecular flexibility index (Phi) is 4.04. The zero-order valence-electron chi connectivity index (χ0n) is 12.0.